The predicted molar refractivity (Wildman–Crippen MR) is 73.2 cm³/mol. The molecule has 100 valence electrons. The van der Waals surface area contributed by atoms with Crippen LogP contribution in [0.5, 0.6) is 0 Å². The average Bonchev–Trinajstić information content (AvgIpc) is 2.92. The summed E-state index contributed by atoms with van der Waals surface area (Å²) in [6.45, 7) is 0.543. The van der Waals surface area contributed by atoms with Gasteiger partial charge in [0.2, 0.25) is 0 Å². The van der Waals surface area contributed by atoms with Gasteiger partial charge in [0, 0.05) is 45.7 Å². The van der Waals surface area contributed by atoms with Gasteiger partial charge in [-0.25, -0.2) is 9.97 Å². The van der Waals surface area contributed by atoms with Crippen LogP contribution in [-0.4, -0.2) is 41.5 Å². The zero-order valence-electron chi connectivity index (χ0n) is 11.1. The van der Waals surface area contributed by atoms with E-state index in [1.54, 1.807) is 24.7 Å². The fourth-order valence-electron chi connectivity index (χ4n) is 1.62. The Labute approximate surface area is 111 Å². The van der Waals surface area contributed by atoms with E-state index < -0.39 is 0 Å². The van der Waals surface area contributed by atoms with E-state index >= 15 is 0 Å². The Morgan fingerprint density at radius 1 is 1.37 bits per heavy atom. The number of aromatic amines is 1. The molecule has 6 nitrogen and oxygen atoms in total. The Hall–Kier alpha value is -2.37. The molecule has 0 aromatic carbocycles. The van der Waals surface area contributed by atoms with Gasteiger partial charge < -0.3 is 15.2 Å². The number of hydrogen-bond acceptors (Lipinski definition) is 4. The summed E-state index contributed by atoms with van der Waals surface area (Å²) in [7, 11) is 3.82. The maximum absolute atomic E-state index is 11.9. The van der Waals surface area contributed by atoms with Crippen LogP contribution in [0.4, 0.5) is 5.82 Å². The van der Waals surface area contributed by atoms with Gasteiger partial charge in [-0.15, -0.1) is 0 Å². The van der Waals surface area contributed by atoms with Crippen molar-refractivity contribution in [2.75, 3.05) is 25.5 Å². The van der Waals surface area contributed by atoms with Gasteiger partial charge in [0.05, 0.1) is 5.56 Å². The molecule has 0 spiro atoms. The maximum Gasteiger partial charge on any atom is 0.252 e. The Balaban J connectivity index is 1.85. The van der Waals surface area contributed by atoms with Crippen LogP contribution in [0.25, 0.3) is 0 Å². The number of rotatable bonds is 5. The number of nitrogens with zero attached hydrogens (tertiary/aromatic N) is 3. The van der Waals surface area contributed by atoms with Crippen molar-refractivity contribution in [2.24, 2.45) is 0 Å². The third-order valence-corrected chi connectivity index (χ3v) is 2.67. The summed E-state index contributed by atoms with van der Waals surface area (Å²) >= 11 is 0. The van der Waals surface area contributed by atoms with Gasteiger partial charge in [-0.05, 0) is 12.1 Å². The van der Waals surface area contributed by atoms with E-state index in [1.165, 1.54) is 0 Å². The molecule has 19 heavy (non-hydrogen) atoms. The number of carbonyl (C=O) groups is 1. The lowest BCUT2D eigenvalue weighted by Crippen LogP contribution is -2.26. The van der Waals surface area contributed by atoms with E-state index in [1.807, 2.05) is 25.1 Å². The lowest BCUT2D eigenvalue weighted by Gasteiger charge is -2.11. The number of H-pyrrole nitrogens is 1. The van der Waals surface area contributed by atoms with Crippen LogP contribution < -0.4 is 10.2 Å². The molecular weight excluding hydrogens is 242 g/mol. The number of anilines is 1. The second-order valence-electron chi connectivity index (χ2n) is 4.34. The molecule has 0 aliphatic carbocycles. The summed E-state index contributed by atoms with van der Waals surface area (Å²) in [6, 6.07) is 3.59. The molecule has 0 saturated heterocycles. The van der Waals surface area contributed by atoms with Crippen LogP contribution >= 0.6 is 0 Å². The second-order valence-corrected chi connectivity index (χ2v) is 4.34. The van der Waals surface area contributed by atoms with Crippen LogP contribution in [0.2, 0.25) is 0 Å². The first-order valence-corrected chi connectivity index (χ1v) is 6.06. The third kappa shape index (κ3) is 3.54. The van der Waals surface area contributed by atoms with Gasteiger partial charge >= 0.3 is 0 Å². The van der Waals surface area contributed by atoms with E-state index in [0.717, 1.165) is 11.6 Å². The number of hydrogen-bond donors (Lipinski definition) is 2. The van der Waals surface area contributed by atoms with Crippen molar-refractivity contribution in [2.45, 2.75) is 6.42 Å². The first-order chi connectivity index (χ1) is 9.16. The number of pyridine rings is 1. The standard InChI is InChI=1S/C13H17N5O/c1-18(2)12-4-3-10(9-17-12)13(19)16-6-5-11-14-7-8-15-11/h3-4,7-9H,5-6H2,1-2H3,(H,14,15)(H,16,19). The van der Waals surface area contributed by atoms with Gasteiger partial charge in [0.25, 0.3) is 5.91 Å². The smallest absolute Gasteiger partial charge is 0.252 e. The summed E-state index contributed by atoms with van der Waals surface area (Å²) < 4.78 is 0. The van der Waals surface area contributed by atoms with Gasteiger partial charge in [-0.2, -0.15) is 0 Å². The highest BCUT2D eigenvalue weighted by molar-refractivity contribution is 5.94. The minimum absolute atomic E-state index is 0.121. The fraction of sp³-hybridized carbons (Fsp3) is 0.308. The summed E-state index contributed by atoms with van der Waals surface area (Å²) in [5.41, 5.74) is 0.560. The highest BCUT2D eigenvalue weighted by Crippen LogP contribution is 2.07. The lowest BCUT2D eigenvalue weighted by molar-refractivity contribution is 0.0953. The minimum Gasteiger partial charge on any atom is -0.363 e. The lowest BCUT2D eigenvalue weighted by atomic mass is 10.2. The molecule has 0 aliphatic heterocycles. The average molecular weight is 259 g/mol. The van der Waals surface area contributed by atoms with Crippen LogP contribution in [-0.2, 0) is 6.42 Å². The monoisotopic (exact) mass is 259 g/mol. The third-order valence-electron chi connectivity index (χ3n) is 2.67. The van der Waals surface area contributed by atoms with Crippen LogP contribution in [0.1, 0.15) is 16.2 Å². The first kappa shape index (κ1) is 13.1. The van der Waals surface area contributed by atoms with E-state index in [4.69, 9.17) is 0 Å². The number of imidazole rings is 1. The van der Waals surface area contributed by atoms with Crippen molar-refractivity contribution in [3.05, 3.63) is 42.1 Å². The topological polar surface area (TPSA) is 73.9 Å². The summed E-state index contributed by atoms with van der Waals surface area (Å²) in [5.74, 6) is 1.57. The van der Waals surface area contributed by atoms with Crippen molar-refractivity contribution in [3.8, 4) is 0 Å². The fourth-order valence-corrected chi connectivity index (χ4v) is 1.62. The molecule has 0 fully saturated rings. The van der Waals surface area contributed by atoms with Crippen molar-refractivity contribution < 1.29 is 4.79 Å². The maximum atomic E-state index is 11.9. The van der Waals surface area contributed by atoms with Crippen molar-refractivity contribution in [1.82, 2.24) is 20.3 Å². The summed E-state index contributed by atoms with van der Waals surface area (Å²) in [6.07, 6.45) is 5.72. The molecule has 0 unspecified atom stereocenters. The molecule has 2 rings (SSSR count). The Kier molecular flexibility index (Phi) is 4.12. The van der Waals surface area contributed by atoms with Gasteiger partial charge in [-0.3, -0.25) is 4.79 Å². The van der Waals surface area contributed by atoms with Crippen LogP contribution in [0.15, 0.2) is 30.7 Å². The molecule has 1 amide bonds. The van der Waals surface area contributed by atoms with E-state index in [-0.39, 0.29) is 5.91 Å². The predicted octanol–water partition coefficient (Wildman–Crippen LogP) is 0.843. The van der Waals surface area contributed by atoms with E-state index in [2.05, 4.69) is 20.3 Å². The van der Waals surface area contributed by atoms with Gasteiger partial charge in [0.1, 0.15) is 11.6 Å². The summed E-state index contributed by atoms with van der Waals surface area (Å²) in [5, 5.41) is 2.83. The molecule has 2 N–H and O–H groups in total. The molecule has 0 bridgehead atoms. The molecule has 0 aliphatic rings. The number of carbonyl (C=O) groups excluding carboxylic acids is 1. The van der Waals surface area contributed by atoms with Crippen molar-refractivity contribution in [3.63, 3.8) is 0 Å². The molecule has 2 heterocycles. The molecule has 2 aromatic rings. The highest BCUT2D eigenvalue weighted by Gasteiger charge is 2.06. The van der Waals surface area contributed by atoms with E-state index in [9.17, 15) is 4.79 Å². The largest absolute Gasteiger partial charge is 0.363 e. The second kappa shape index (κ2) is 5.99. The Morgan fingerprint density at radius 2 is 2.21 bits per heavy atom. The Morgan fingerprint density at radius 3 is 2.79 bits per heavy atom. The molecular formula is C13H17N5O. The van der Waals surface area contributed by atoms with Gasteiger partial charge in [0.15, 0.2) is 0 Å². The number of aromatic nitrogens is 3. The molecule has 0 atom stereocenters. The normalized spacial score (nSPS) is 10.2. The van der Waals surface area contributed by atoms with Crippen molar-refractivity contribution >= 4 is 11.7 Å². The molecule has 6 heteroatoms. The van der Waals surface area contributed by atoms with E-state index in [0.29, 0.717) is 18.5 Å². The quantitative estimate of drug-likeness (QED) is 0.834. The number of nitrogens with one attached hydrogen (secondary N) is 2. The Bertz CT molecular complexity index is 518. The SMILES string of the molecule is CN(C)c1ccc(C(=O)NCCc2ncc[nH]2)cn1. The van der Waals surface area contributed by atoms with Crippen molar-refractivity contribution in [1.29, 1.82) is 0 Å². The molecule has 0 saturated carbocycles. The minimum atomic E-state index is -0.121. The zero-order chi connectivity index (χ0) is 13.7. The van der Waals surface area contributed by atoms with Crippen LogP contribution in [0.3, 0.4) is 0 Å². The molecule has 0 radical (unpaired) electrons. The highest BCUT2D eigenvalue weighted by atomic mass is 16.1. The first-order valence-electron chi connectivity index (χ1n) is 6.06. The number of amides is 1. The summed E-state index contributed by atoms with van der Waals surface area (Å²) in [4.78, 5) is 25.0. The molecule has 2 aromatic heterocycles. The van der Waals surface area contributed by atoms with Crippen LogP contribution in [0, 0.1) is 0 Å². The zero-order valence-corrected chi connectivity index (χ0v) is 11.1. The van der Waals surface area contributed by atoms with Gasteiger partial charge in [-0.1, -0.05) is 0 Å².